The van der Waals surface area contributed by atoms with Crippen molar-refractivity contribution in [3.8, 4) is 0 Å². The third-order valence-corrected chi connectivity index (χ3v) is 8.73. The van der Waals surface area contributed by atoms with E-state index in [0.717, 1.165) is 0 Å². The van der Waals surface area contributed by atoms with E-state index in [9.17, 15) is 9.59 Å². The zero-order chi connectivity index (χ0) is 17.3. The lowest BCUT2D eigenvalue weighted by molar-refractivity contribution is -0.139. The summed E-state index contributed by atoms with van der Waals surface area (Å²) in [7, 11) is -1.72. The lowest BCUT2D eigenvalue weighted by Crippen LogP contribution is -2.57. The van der Waals surface area contributed by atoms with E-state index in [0.29, 0.717) is 11.9 Å². The van der Waals surface area contributed by atoms with E-state index in [4.69, 9.17) is 0 Å². The predicted molar refractivity (Wildman–Crippen MR) is 99.4 cm³/mol. The quantitative estimate of drug-likeness (QED) is 0.845. The lowest BCUT2D eigenvalue weighted by Gasteiger charge is -2.33. The van der Waals surface area contributed by atoms with Gasteiger partial charge in [-0.3, -0.25) is 9.59 Å². The summed E-state index contributed by atoms with van der Waals surface area (Å²) in [6.07, 6.45) is 0.684. The highest BCUT2D eigenvalue weighted by atomic mass is 32.2. The van der Waals surface area contributed by atoms with Gasteiger partial charge in [0, 0.05) is 18.8 Å². The summed E-state index contributed by atoms with van der Waals surface area (Å²) in [4.78, 5) is 26.0. The summed E-state index contributed by atoms with van der Waals surface area (Å²) >= 11 is 1.66. The molecular weight excluding hydrogens is 324 g/mol. The fraction of sp³-hybridized carbons (Fsp3) is 0.529. The molecule has 0 unspecified atom stereocenters. The van der Waals surface area contributed by atoms with E-state index in [1.54, 1.807) is 16.7 Å². The van der Waals surface area contributed by atoms with Gasteiger partial charge < -0.3 is 10.2 Å². The standard InChI is InChI=1S/C17H26N2O2SSi/c1-13(20)19-15(11-22-17(19,2)3)16(21)18-12-23(4,5)14-9-7-6-8-10-14/h6-10,15H,11-12H2,1-5H3,(H,18,21)/t15-/m0/s1. The third kappa shape index (κ3) is 3.98. The van der Waals surface area contributed by atoms with E-state index in [1.807, 2.05) is 32.0 Å². The van der Waals surface area contributed by atoms with Crippen molar-refractivity contribution in [2.24, 2.45) is 0 Å². The molecule has 0 aliphatic carbocycles. The molecule has 1 aromatic carbocycles. The zero-order valence-corrected chi connectivity index (χ0v) is 16.4. The SMILES string of the molecule is CC(=O)N1[C@H](C(=O)NC[Si](C)(C)c2ccccc2)CSC1(C)C. The largest absolute Gasteiger partial charge is 0.357 e. The van der Waals surface area contributed by atoms with Gasteiger partial charge in [0.05, 0.1) is 4.87 Å². The molecule has 0 saturated carbocycles. The minimum atomic E-state index is -1.72. The Kier molecular flexibility index (Phi) is 5.26. The molecule has 0 bridgehead atoms. The Hall–Kier alpha value is -1.27. The van der Waals surface area contributed by atoms with Gasteiger partial charge >= 0.3 is 0 Å². The number of amides is 2. The van der Waals surface area contributed by atoms with Crippen LogP contribution in [-0.4, -0.2) is 47.6 Å². The second-order valence-electron chi connectivity index (χ2n) is 7.13. The molecule has 126 valence electrons. The number of carbonyl (C=O) groups is 2. The summed E-state index contributed by atoms with van der Waals surface area (Å²) in [5, 5.41) is 4.43. The van der Waals surface area contributed by atoms with Gasteiger partial charge in [0.1, 0.15) is 14.1 Å². The maximum atomic E-state index is 12.6. The van der Waals surface area contributed by atoms with Crippen LogP contribution < -0.4 is 10.5 Å². The summed E-state index contributed by atoms with van der Waals surface area (Å²) in [6.45, 7) is 10.0. The molecule has 23 heavy (non-hydrogen) atoms. The van der Waals surface area contributed by atoms with Gasteiger partial charge in [0.25, 0.3) is 0 Å². The molecular formula is C17H26N2O2SSi. The van der Waals surface area contributed by atoms with E-state index in [-0.39, 0.29) is 22.7 Å². The first-order valence-electron chi connectivity index (χ1n) is 7.92. The van der Waals surface area contributed by atoms with Crippen molar-refractivity contribution < 1.29 is 9.59 Å². The summed E-state index contributed by atoms with van der Waals surface area (Å²) in [5.74, 6) is 0.584. The van der Waals surface area contributed by atoms with Crippen LogP contribution in [0.5, 0.6) is 0 Å². The molecule has 2 rings (SSSR count). The first kappa shape index (κ1) is 18.1. The van der Waals surface area contributed by atoms with Gasteiger partial charge in [-0.15, -0.1) is 11.8 Å². The minimum Gasteiger partial charge on any atom is -0.357 e. The number of thioether (sulfide) groups is 1. The number of hydrogen-bond acceptors (Lipinski definition) is 3. The van der Waals surface area contributed by atoms with Crippen LogP contribution >= 0.6 is 11.8 Å². The third-order valence-electron chi connectivity index (χ3n) is 4.39. The second-order valence-corrected chi connectivity index (χ2v) is 13.5. The molecule has 1 fully saturated rings. The Morgan fingerprint density at radius 2 is 1.91 bits per heavy atom. The van der Waals surface area contributed by atoms with Crippen molar-refractivity contribution in [2.45, 2.75) is 44.8 Å². The van der Waals surface area contributed by atoms with Gasteiger partial charge in [-0.1, -0.05) is 48.6 Å². The van der Waals surface area contributed by atoms with E-state index in [2.05, 4.69) is 30.5 Å². The Morgan fingerprint density at radius 1 is 1.30 bits per heavy atom. The number of benzene rings is 1. The molecule has 1 N–H and O–H groups in total. The van der Waals surface area contributed by atoms with Crippen molar-refractivity contribution in [1.29, 1.82) is 0 Å². The van der Waals surface area contributed by atoms with Crippen molar-refractivity contribution in [3.63, 3.8) is 0 Å². The number of carbonyl (C=O) groups excluding carboxylic acids is 2. The average molecular weight is 351 g/mol. The first-order chi connectivity index (χ1) is 10.6. The Balaban J connectivity index is 2.04. The number of nitrogens with zero attached hydrogens (tertiary/aromatic N) is 1. The van der Waals surface area contributed by atoms with Crippen LogP contribution in [0.4, 0.5) is 0 Å². The minimum absolute atomic E-state index is 0.0326. The smallest absolute Gasteiger partial charge is 0.243 e. The van der Waals surface area contributed by atoms with Crippen molar-refractivity contribution in [1.82, 2.24) is 10.2 Å². The van der Waals surface area contributed by atoms with Crippen molar-refractivity contribution >= 4 is 36.8 Å². The number of hydrogen-bond donors (Lipinski definition) is 1. The predicted octanol–water partition coefficient (Wildman–Crippen LogP) is 1.96. The highest BCUT2D eigenvalue weighted by Crippen LogP contribution is 2.38. The molecule has 4 nitrogen and oxygen atoms in total. The van der Waals surface area contributed by atoms with Gasteiger partial charge in [-0.25, -0.2) is 0 Å². The molecule has 1 atom stereocenters. The lowest BCUT2D eigenvalue weighted by atomic mass is 10.2. The molecule has 1 aliphatic rings. The Morgan fingerprint density at radius 3 is 2.48 bits per heavy atom. The highest BCUT2D eigenvalue weighted by molar-refractivity contribution is 8.00. The van der Waals surface area contributed by atoms with Crippen LogP contribution in [0.2, 0.25) is 13.1 Å². The first-order valence-corrected chi connectivity index (χ1v) is 12.1. The topological polar surface area (TPSA) is 49.4 Å². The molecule has 1 saturated heterocycles. The average Bonchev–Trinajstić information content (AvgIpc) is 2.81. The molecule has 6 heteroatoms. The van der Waals surface area contributed by atoms with E-state index in [1.165, 1.54) is 12.1 Å². The number of nitrogens with one attached hydrogen (secondary N) is 1. The molecule has 0 spiro atoms. The van der Waals surface area contributed by atoms with E-state index >= 15 is 0 Å². The zero-order valence-electron chi connectivity index (χ0n) is 14.6. The summed E-state index contributed by atoms with van der Waals surface area (Å²) < 4.78 is 0. The summed E-state index contributed by atoms with van der Waals surface area (Å²) in [5.41, 5.74) is 0. The fourth-order valence-corrected chi connectivity index (χ4v) is 6.19. The van der Waals surface area contributed by atoms with E-state index < -0.39 is 8.07 Å². The highest BCUT2D eigenvalue weighted by Gasteiger charge is 2.45. The van der Waals surface area contributed by atoms with Crippen LogP contribution in [0, 0.1) is 0 Å². The van der Waals surface area contributed by atoms with Crippen LogP contribution in [0.3, 0.4) is 0 Å². The van der Waals surface area contributed by atoms with Crippen molar-refractivity contribution in [2.75, 3.05) is 11.9 Å². The Bertz CT molecular complexity index is 590. The molecule has 1 aliphatic heterocycles. The van der Waals surface area contributed by atoms with Crippen molar-refractivity contribution in [3.05, 3.63) is 30.3 Å². The maximum Gasteiger partial charge on any atom is 0.243 e. The monoisotopic (exact) mass is 350 g/mol. The molecule has 0 radical (unpaired) electrons. The fourth-order valence-electron chi connectivity index (χ4n) is 3.01. The van der Waals surface area contributed by atoms with Crippen LogP contribution in [0.1, 0.15) is 20.8 Å². The van der Waals surface area contributed by atoms with Crippen LogP contribution in [0.15, 0.2) is 30.3 Å². The Labute approximate surface area is 144 Å². The van der Waals surface area contributed by atoms with Gasteiger partial charge in [0.2, 0.25) is 11.8 Å². The van der Waals surface area contributed by atoms with Gasteiger partial charge in [-0.2, -0.15) is 0 Å². The van der Waals surface area contributed by atoms with Gasteiger partial charge in [-0.05, 0) is 13.8 Å². The van der Waals surface area contributed by atoms with Gasteiger partial charge in [0.15, 0.2) is 0 Å². The molecule has 2 amide bonds. The summed E-state index contributed by atoms with van der Waals surface area (Å²) in [6, 6.07) is 9.99. The molecule has 1 heterocycles. The maximum absolute atomic E-state index is 12.6. The van der Waals surface area contributed by atoms with Crippen LogP contribution in [-0.2, 0) is 9.59 Å². The van der Waals surface area contributed by atoms with Crippen LogP contribution in [0.25, 0.3) is 0 Å². The molecule has 0 aromatic heterocycles. The normalized spacial score (nSPS) is 20.4. The molecule has 1 aromatic rings. The second kappa shape index (κ2) is 6.69. The number of rotatable bonds is 4.